The highest BCUT2D eigenvalue weighted by molar-refractivity contribution is 6.04. The molecule has 98 valence electrons. The third-order valence-electron chi connectivity index (χ3n) is 3.34. The number of carbonyl (C=O) groups is 1. The summed E-state index contributed by atoms with van der Waals surface area (Å²) >= 11 is 0. The molecule has 2 heterocycles. The van der Waals surface area contributed by atoms with Gasteiger partial charge in [0.05, 0.1) is 5.56 Å². The molecule has 1 aliphatic heterocycles. The molecule has 19 heavy (non-hydrogen) atoms. The van der Waals surface area contributed by atoms with Crippen molar-refractivity contribution in [2.45, 2.75) is 19.9 Å². The SMILES string of the molecule is Cc1cc(C(=O)Nc2ccc3c(c2)CNCC3)co1. The first-order valence-electron chi connectivity index (χ1n) is 6.41. The van der Waals surface area contributed by atoms with Crippen LogP contribution in [0.25, 0.3) is 0 Å². The Morgan fingerprint density at radius 3 is 3.00 bits per heavy atom. The van der Waals surface area contributed by atoms with Gasteiger partial charge in [-0.15, -0.1) is 0 Å². The Kier molecular flexibility index (Phi) is 3.09. The summed E-state index contributed by atoms with van der Waals surface area (Å²) in [5, 5.41) is 6.22. The lowest BCUT2D eigenvalue weighted by molar-refractivity contribution is 0.102. The van der Waals surface area contributed by atoms with Crippen molar-refractivity contribution in [3.63, 3.8) is 0 Å². The van der Waals surface area contributed by atoms with Crippen LogP contribution in [0.15, 0.2) is 34.9 Å². The van der Waals surface area contributed by atoms with Crippen molar-refractivity contribution in [2.75, 3.05) is 11.9 Å². The number of hydrogen-bond donors (Lipinski definition) is 2. The maximum absolute atomic E-state index is 12.0. The summed E-state index contributed by atoms with van der Waals surface area (Å²) in [6.45, 7) is 3.71. The van der Waals surface area contributed by atoms with E-state index in [0.717, 1.165) is 31.0 Å². The van der Waals surface area contributed by atoms with Crippen LogP contribution in [0.4, 0.5) is 5.69 Å². The summed E-state index contributed by atoms with van der Waals surface area (Å²) < 4.78 is 5.14. The van der Waals surface area contributed by atoms with Crippen molar-refractivity contribution in [2.24, 2.45) is 0 Å². The number of aryl methyl sites for hydroxylation is 1. The van der Waals surface area contributed by atoms with Crippen LogP contribution in [0.5, 0.6) is 0 Å². The molecule has 1 aromatic heterocycles. The molecule has 3 rings (SSSR count). The summed E-state index contributed by atoms with van der Waals surface area (Å²) in [6, 6.07) is 7.81. The number of furan rings is 1. The zero-order chi connectivity index (χ0) is 13.2. The highest BCUT2D eigenvalue weighted by atomic mass is 16.3. The fourth-order valence-corrected chi connectivity index (χ4v) is 2.32. The molecule has 2 aromatic rings. The van der Waals surface area contributed by atoms with Crippen molar-refractivity contribution in [1.29, 1.82) is 0 Å². The van der Waals surface area contributed by atoms with Gasteiger partial charge in [0.15, 0.2) is 0 Å². The Morgan fingerprint density at radius 1 is 1.32 bits per heavy atom. The molecule has 0 saturated heterocycles. The number of fused-ring (bicyclic) bond motifs is 1. The Labute approximate surface area is 111 Å². The topological polar surface area (TPSA) is 54.3 Å². The van der Waals surface area contributed by atoms with Crippen LogP contribution in [0, 0.1) is 6.92 Å². The van der Waals surface area contributed by atoms with Crippen molar-refractivity contribution in [3.8, 4) is 0 Å². The van der Waals surface area contributed by atoms with Crippen LogP contribution >= 0.6 is 0 Å². The molecule has 0 radical (unpaired) electrons. The van der Waals surface area contributed by atoms with E-state index in [1.165, 1.54) is 17.4 Å². The lowest BCUT2D eigenvalue weighted by Gasteiger charge is -2.18. The third-order valence-corrected chi connectivity index (χ3v) is 3.34. The van der Waals surface area contributed by atoms with Gasteiger partial charge in [0.25, 0.3) is 5.91 Å². The normalized spacial score (nSPS) is 13.9. The third kappa shape index (κ3) is 2.53. The van der Waals surface area contributed by atoms with Crippen LogP contribution < -0.4 is 10.6 Å². The van der Waals surface area contributed by atoms with Crippen LogP contribution in [0.3, 0.4) is 0 Å². The molecule has 1 aromatic carbocycles. The zero-order valence-corrected chi connectivity index (χ0v) is 10.8. The second-order valence-corrected chi connectivity index (χ2v) is 4.81. The fourth-order valence-electron chi connectivity index (χ4n) is 2.32. The lowest BCUT2D eigenvalue weighted by atomic mass is 10.0. The predicted molar refractivity (Wildman–Crippen MR) is 73.3 cm³/mol. The second kappa shape index (κ2) is 4.90. The van der Waals surface area contributed by atoms with E-state index >= 15 is 0 Å². The predicted octanol–water partition coefficient (Wildman–Crippen LogP) is 2.49. The van der Waals surface area contributed by atoms with E-state index < -0.39 is 0 Å². The minimum atomic E-state index is -0.138. The summed E-state index contributed by atoms with van der Waals surface area (Å²) in [5.41, 5.74) is 3.99. The van der Waals surface area contributed by atoms with E-state index in [2.05, 4.69) is 16.7 Å². The Hall–Kier alpha value is -2.07. The molecular formula is C15H16N2O2. The maximum atomic E-state index is 12.0. The van der Waals surface area contributed by atoms with E-state index in [1.54, 1.807) is 6.07 Å². The zero-order valence-electron chi connectivity index (χ0n) is 10.8. The smallest absolute Gasteiger partial charge is 0.258 e. The molecule has 0 aliphatic carbocycles. The van der Waals surface area contributed by atoms with E-state index in [0.29, 0.717) is 5.56 Å². The molecular weight excluding hydrogens is 240 g/mol. The Morgan fingerprint density at radius 2 is 2.21 bits per heavy atom. The van der Waals surface area contributed by atoms with Crippen molar-refractivity contribution in [1.82, 2.24) is 5.32 Å². The summed E-state index contributed by atoms with van der Waals surface area (Å²) in [7, 11) is 0. The summed E-state index contributed by atoms with van der Waals surface area (Å²) in [4.78, 5) is 12.0. The van der Waals surface area contributed by atoms with Gasteiger partial charge in [-0.2, -0.15) is 0 Å². The van der Waals surface area contributed by atoms with Crippen LogP contribution in [-0.2, 0) is 13.0 Å². The molecule has 0 unspecified atom stereocenters. The van der Waals surface area contributed by atoms with E-state index in [9.17, 15) is 4.79 Å². The van der Waals surface area contributed by atoms with Gasteiger partial charge in [0, 0.05) is 12.2 Å². The van der Waals surface area contributed by atoms with Gasteiger partial charge in [-0.1, -0.05) is 6.07 Å². The molecule has 0 atom stereocenters. The maximum Gasteiger partial charge on any atom is 0.258 e. The van der Waals surface area contributed by atoms with E-state index in [4.69, 9.17) is 4.42 Å². The van der Waals surface area contributed by atoms with Crippen molar-refractivity contribution < 1.29 is 9.21 Å². The number of rotatable bonds is 2. The minimum Gasteiger partial charge on any atom is -0.469 e. The highest BCUT2D eigenvalue weighted by Gasteiger charge is 2.12. The average Bonchev–Trinajstić information content (AvgIpc) is 2.85. The van der Waals surface area contributed by atoms with Gasteiger partial charge in [-0.25, -0.2) is 0 Å². The molecule has 1 aliphatic rings. The van der Waals surface area contributed by atoms with Gasteiger partial charge in [0.2, 0.25) is 0 Å². The first kappa shape index (κ1) is 12.0. The van der Waals surface area contributed by atoms with Gasteiger partial charge >= 0.3 is 0 Å². The first-order chi connectivity index (χ1) is 9.22. The quantitative estimate of drug-likeness (QED) is 0.868. The number of anilines is 1. The van der Waals surface area contributed by atoms with E-state index in [1.807, 2.05) is 19.1 Å². The Balaban J connectivity index is 1.78. The van der Waals surface area contributed by atoms with Gasteiger partial charge in [-0.3, -0.25) is 4.79 Å². The molecule has 0 saturated carbocycles. The van der Waals surface area contributed by atoms with Crippen LogP contribution in [-0.4, -0.2) is 12.5 Å². The highest BCUT2D eigenvalue weighted by Crippen LogP contribution is 2.19. The molecule has 0 spiro atoms. The molecule has 0 fully saturated rings. The molecule has 4 nitrogen and oxygen atoms in total. The average molecular weight is 256 g/mol. The molecule has 2 N–H and O–H groups in total. The minimum absolute atomic E-state index is 0.138. The monoisotopic (exact) mass is 256 g/mol. The second-order valence-electron chi connectivity index (χ2n) is 4.81. The van der Waals surface area contributed by atoms with E-state index in [-0.39, 0.29) is 5.91 Å². The van der Waals surface area contributed by atoms with Crippen molar-refractivity contribution in [3.05, 3.63) is 53.0 Å². The number of benzene rings is 1. The molecule has 4 heteroatoms. The molecule has 1 amide bonds. The fraction of sp³-hybridized carbons (Fsp3) is 0.267. The summed E-state index contributed by atoms with van der Waals surface area (Å²) in [5.74, 6) is 0.598. The summed E-state index contributed by atoms with van der Waals surface area (Å²) in [6.07, 6.45) is 2.52. The molecule has 0 bridgehead atoms. The number of amides is 1. The number of carbonyl (C=O) groups excluding carboxylic acids is 1. The number of nitrogens with one attached hydrogen (secondary N) is 2. The van der Waals surface area contributed by atoms with Gasteiger partial charge in [0.1, 0.15) is 12.0 Å². The largest absolute Gasteiger partial charge is 0.469 e. The van der Waals surface area contributed by atoms with Gasteiger partial charge < -0.3 is 15.1 Å². The van der Waals surface area contributed by atoms with Crippen LogP contribution in [0.1, 0.15) is 27.2 Å². The number of hydrogen-bond acceptors (Lipinski definition) is 3. The lowest BCUT2D eigenvalue weighted by Crippen LogP contribution is -2.23. The Bertz CT molecular complexity index is 616. The van der Waals surface area contributed by atoms with Gasteiger partial charge in [-0.05, 0) is 49.2 Å². The standard InChI is InChI=1S/C15H16N2O2/c1-10-6-13(9-19-10)15(18)17-14-3-2-11-4-5-16-8-12(11)7-14/h2-3,6-7,9,16H,4-5,8H2,1H3,(H,17,18). The first-order valence-corrected chi connectivity index (χ1v) is 6.41. The van der Waals surface area contributed by atoms with Crippen molar-refractivity contribution >= 4 is 11.6 Å². The van der Waals surface area contributed by atoms with Crippen LogP contribution in [0.2, 0.25) is 0 Å².